The molecule has 1 N–H and O–H groups in total. The number of carbonyl (C=O) groups excluding carboxylic acids is 1. The summed E-state index contributed by atoms with van der Waals surface area (Å²) in [5.41, 5.74) is 3.13. The summed E-state index contributed by atoms with van der Waals surface area (Å²) < 4.78 is 12.3. The maximum Gasteiger partial charge on any atom is 0.234 e. The average molecular weight is 455 g/mol. The molecule has 2 heterocycles. The summed E-state index contributed by atoms with van der Waals surface area (Å²) in [5, 5.41) is 8.84. The van der Waals surface area contributed by atoms with E-state index in [1.807, 2.05) is 30.3 Å². The second kappa shape index (κ2) is 9.28. The van der Waals surface area contributed by atoms with Gasteiger partial charge in [0, 0.05) is 29.0 Å². The number of anilines is 1. The van der Waals surface area contributed by atoms with Gasteiger partial charge in [-0.2, -0.15) is 5.10 Å². The number of nitrogens with zero attached hydrogens (tertiary/aromatic N) is 3. The molecule has 4 aromatic rings. The van der Waals surface area contributed by atoms with Gasteiger partial charge in [0.1, 0.15) is 16.5 Å². The number of fused-ring (bicyclic) bond motifs is 1. The molecule has 0 unspecified atom stereocenters. The Morgan fingerprint density at radius 1 is 1.13 bits per heavy atom. The lowest BCUT2D eigenvalue weighted by molar-refractivity contribution is -0.113. The molecule has 9 heteroatoms. The SMILES string of the molecule is COc1ccc(OC)c(NC(=O)CSc2nccn3nc(-c4ccc(Cl)cc4)cc23)c1. The van der Waals surface area contributed by atoms with Crippen molar-refractivity contribution in [3.05, 3.63) is 65.9 Å². The van der Waals surface area contributed by atoms with Gasteiger partial charge in [0.05, 0.1) is 36.9 Å². The molecule has 1 amide bonds. The van der Waals surface area contributed by atoms with Crippen LogP contribution in [0.25, 0.3) is 16.8 Å². The van der Waals surface area contributed by atoms with Crippen molar-refractivity contribution in [1.29, 1.82) is 0 Å². The molecule has 0 aliphatic carbocycles. The number of amides is 1. The van der Waals surface area contributed by atoms with Crippen LogP contribution in [0.1, 0.15) is 0 Å². The van der Waals surface area contributed by atoms with Crippen LogP contribution in [0.5, 0.6) is 11.5 Å². The van der Waals surface area contributed by atoms with E-state index in [1.54, 1.807) is 49.3 Å². The Morgan fingerprint density at radius 3 is 2.68 bits per heavy atom. The summed E-state index contributed by atoms with van der Waals surface area (Å²) in [6, 6.07) is 14.7. The van der Waals surface area contributed by atoms with Gasteiger partial charge >= 0.3 is 0 Å². The fourth-order valence-corrected chi connectivity index (χ4v) is 3.90. The Hall–Kier alpha value is -3.23. The highest BCUT2D eigenvalue weighted by atomic mass is 35.5. The quantitative estimate of drug-likeness (QED) is 0.404. The lowest BCUT2D eigenvalue weighted by Gasteiger charge is -2.11. The Bertz CT molecular complexity index is 1230. The van der Waals surface area contributed by atoms with Crippen molar-refractivity contribution in [2.75, 3.05) is 25.3 Å². The molecular weight excluding hydrogens is 436 g/mol. The number of benzene rings is 2. The molecular formula is C22H19ClN4O3S. The van der Waals surface area contributed by atoms with E-state index in [0.717, 1.165) is 16.8 Å². The van der Waals surface area contributed by atoms with Crippen LogP contribution < -0.4 is 14.8 Å². The van der Waals surface area contributed by atoms with Gasteiger partial charge < -0.3 is 14.8 Å². The van der Waals surface area contributed by atoms with Gasteiger partial charge in [0.25, 0.3) is 0 Å². The number of hydrogen-bond acceptors (Lipinski definition) is 6. The first-order chi connectivity index (χ1) is 15.1. The van der Waals surface area contributed by atoms with E-state index in [-0.39, 0.29) is 11.7 Å². The van der Waals surface area contributed by atoms with Crippen LogP contribution in [0, 0.1) is 0 Å². The first-order valence-electron chi connectivity index (χ1n) is 9.32. The standard InChI is InChI=1S/C22H19ClN4O3S/c1-29-16-7-8-20(30-2)18(11-16)25-21(28)13-31-22-19-12-17(26-27(19)10-9-24-22)14-3-5-15(23)6-4-14/h3-12H,13H2,1-2H3,(H,25,28). The van der Waals surface area contributed by atoms with E-state index in [2.05, 4.69) is 15.4 Å². The van der Waals surface area contributed by atoms with Crippen molar-refractivity contribution >= 4 is 40.5 Å². The number of aromatic nitrogens is 3. The largest absolute Gasteiger partial charge is 0.497 e. The van der Waals surface area contributed by atoms with Crippen LogP contribution in [0.2, 0.25) is 5.02 Å². The van der Waals surface area contributed by atoms with Gasteiger partial charge in [-0.3, -0.25) is 4.79 Å². The minimum Gasteiger partial charge on any atom is -0.497 e. The van der Waals surface area contributed by atoms with Crippen LogP contribution in [0.15, 0.2) is 66.0 Å². The number of hydrogen-bond donors (Lipinski definition) is 1. The normalized spacial score (nSPS) is 10.8. The minimum absolute atomic E-state index is 0.175. The second-order valence-electron chi connectivity index (χ2n) is 6.50. The van der Waals surface area contributed by atoms with Crippen LogP contribution in [-0.2, 0) is 4.79 Å². The van der Waals surface area contributed by atoms with Crippen molar-refractivity contribution in [1.82, 2.24) is 14.6 Å². The van der Waals surface area contributed by atoms with Gasteiger partial charge in [0.2, 0.25) is 5.91 Å². The molecule has 2 aromatic heterocycles. The molecule has 0 bridgehead atoms. The fourth-order valence-electron chi connectivity index (χ4n) is 3.00. The molecule has 7 nitrogen and oxygen atoms in total. The molecule has 4 rings (SSSR count). The first-order valence-corrected chi connectivity index (χ1v) is 10.7. The third kappa shape index (κ3) is 4.76. The summed E-state index contributed by atoms with van der Waals surface area (Å²) in [7, 11) is 3.12. The molecule has 2 aromatic carbocycles. The Balaban J connectivity index is 1.50. The van der Waals surface area contributed by atoms with Crippen molar-refractivity contribution < 1.29 is 14.3 Å². The van der Waals surface area contributed by atoms with Crippen molar-refractivity contribution in [3.8, 4) is 22.8 Å². The van der Waals surface area contributed by atoms with Gasteiger partial charge in [-0.1, -0.05) is 35.5 Å². The zero-order chi connectivity index (χ0) is 21.8. The highest BCUT2D eigenvalue weighted by molar-refractivity contribution is 8.00. The summed E-state index contributed by atoms with van der Waals surface area (Å²) in [6.07, 6.45) is 3.44. The number of nitrogens with one attached hydrogen (secondary N) is 1. The van der Waals surface area contributed by atoms with Crippen LogP contribution >= 0.6 is 23.4 Å². The van der Waals surface area contributed by atoms with Gasteiger partial charge in [-0.15, -0.1) is 0 Å². The van der Waals surface area contributed by atoms with E-state index in [1.165, 1.54) is 11.8 Å². The summed E-state index contributed by atoms with van der Waals surface area (Å²) in [4.78, 5) is 17.0. The van der Waals surface area contributed by atoms with E-state index in [9.17, 15) is 4.79 Å². The molecule has 158 valence electrons. The lowest BCUT2D eigenvalue weighted by atomic mass is 10.1. The van der Waals surface area contributed by atoms with Gasteiger partial charge in [-0.05, 0) is 30.3 Å². The number of rotatable bonds is 7. The predicted octanol–water partition coefficient (Wildman–Crippen LogP) is 4.80. The summed E-state index contributed by atoms with van der Waals surface area (Å²) in [6.45, 7) is 0. The topological polar surface area (TPSA) is 77.8 Å². The molecule has 0 saturated heterocycles. The molecule has 31 heavy (non-hydrogen) atoms. The van der Waals surface area contributed by atoms with E-state index < -0.39 is 0 Å². The highest BCUT2D eigenvalue weighted by Crippen LogP contribution is 2.30. The summed E-state index contributed by atoms with van der Waals surface area (Å²) >= 11 is 7.31. The van der Waals surface area contributed by atoms with Gasteiger partial charge in [0.15, 0.2) is 0 Å². The first kappa shape index (κ1) is 21.0. The van der Waals surface area contributed by atoms with Crippen LogP contribution in [0.3, 0.4) is 0 Å². The Labute approximate surface area is 188 Å². The highest BCUT2D eigenvalue weighted by Gasteiger charge is 2.13. The van der Waals surface area contributed by atoms with Crippen molar-refractivity contribution in [2.24, 2.45) is 0 Å². The molecule has 0 radical (unpaired) electrons. The molecule has 0 atom stereocenters. The number of methoxy groups -OCH3 is 2. The van der Waals surface area contributed by atoms with Crippen molar-refractivity contribution in [3.63, 3.8) is 0 Å². The predicted molar refractivity (Wildman–Crippen MR) is 122 cm³/mol. The summed E-state index contributed by atoms with van der Waals surface area (Å²) in [5.74, 6) is 1.18. The minimum atomic E-state index is -0.183. The maximum atomic E-state index is 12.6. The van der Waals surface area contributed by atoms with Crippen molar-refractivity contribution in [2.45, 2.75) is 5.03 Å². The monoisotopic (exact) mass is 454 g/mol. The third-order valence-corrected chi connectivity index (χ3v) is 5.76. The molecule has 0 fully saturated rings. The van der Waals surface area contributed by atoms with Crippen LogP contribution in [-0.4, -0.2) is 40.5 Å². The molecule has 0 spiro atoms. The average Bonchev–Trinajstić information content (AvgIpc) is 3.23. The number of halogens is 1. The second-order valence-corrected chi connectivity index (χ2v) is 7.90. The van der Waals surface area contributed by atoms with E-state index in [4.69, 9.17) is 21.1 Å². The molecule has 0 aliphatic heterocycles. The number of carbonyl (C=O) groups is 1. The van der Waals surface area contributed by atoms with E-state index >= 15 is 0 Å². The number of thioether (sulfide) groups is 1. The Kier molecular flexibility index (Phi) is 6.29. The van der Waals surface area contributed by atoms with E-state index in [0.29, 0.717) is 27.2 Å². The molecule has 0 aliphatic rings. The Morgan fingerprint density at radius 2 is 1.94 bits per heavy atom. The maximum absolute atomic E-state index is 12.6. The number of ether oxygens (including phenoxy) is 2. The fraction of sp³-hybridized carbons (Fsp3) is 0.136. The lowest BCUT2D eigenvalue weighted by Crippen LogP contribution is -2.15. The zero-order valence-corrected chi connectivity index (χ0v) is 18.4. The zero-order valence-electron chi connectivity index (χ0n) is 16.8. The molecule has 0 saturated carbocycles. The van der Waals surface area contributed by atoms with Gasteiger partial charge in [-0.25, -0.2) is 9.50 Å². The third-order valence-electron chi connectivity index (χ3n) is 4.52. The smallest absolute Gasteiger partial charge is 0.234 e. The van der Waals surface area contributed by atoms with Crippen LogP contribution in [0.4, 0.5) is 5.69 Å².